The highest BCUT2D eigenvalue weighted by Gasteiger charge is 2.21. The van der Waals surface area contributed by atoms with Crippen molar-refractivity contribution in [2.45, 2.75) is 26.9 Å². The first-order valence-electron chi connectivity index (χ1n) is 7.02. The summed E-state index contributed by atoms with van der Waals surface area (Å²) in [5.74, 6) is 0.112. The lowest BCUT2D eigenvalue weighted by Crippen LogP contribution is -2.14. The summed E-state index contributed by atoms with van der Waals surface area (Å²) in [5, 5.41) is 9.34. The maximum atomic E-state index is 12.2. The number of benzene rings is 1. The lowest BCUT2D eigenvalue weighted by Gasteiger charge is -2.14. The van der Waals surface area contributed by atoms with Gasteiger partial charge in [-0.15, -0.1) is 0 Å². The van der Waals surface area contributed by atoms with Gasteiger partial charge >= 0.3 is 5.97 Å². The lowest BCUT2D eigenvalue weighted by molar-refractivity contribution is 0.0434. The third-order valence-corrected chi connectivity index (χ3v) is 3.73. The van der Waals surface area contributed by atoms with Crippen LogP contribution in [-0.4, -0.2) is 23.8 Å². The van der Waals surface area contributed by atoms with Gasteiger partial charge < -0.3 is 14.0 Å². The summed E-state index contributed by atoms with van der Waals surface area (Å²) in [6.45, 7) is 5.20. The maximum absolute atomic E-state index is 12.2. The number of nitrogens with zero attached hydrogens (tertiary/aromatic N) is 2. The molecule has 1 atom stereocenters. The second kappa shape index (κ2) is 6.76. The molecule has 1 heterocycles. The lowest BCUT2D eigenvalue weighted by atomic mass is 10.2. The van der Waals surface area contributed by atoms with Gasteiger partial charge in [0.05, 0.1) is 18.4 Å². The summed E-state index contributed by atoms with van der Waals surface area (Å²) in [6, 6.07) is 8.88. The molecule has 120 valence electrons. The highest BCUT2D eigenvalue weighted by molar-refractivity contribution is 6.30. The molecule has 0 aliphatic rings. The zero-order valence-electron chi connectivity index (χ0n) is 13.4. The molecule has 1 aromatic carbocycles. The van der Waals surface area contributed by atoms with Crippen LogP contribution in [0, 0.1) is 25.2 Å². The van der Waals surface area contributed by atoms with Crippen LogP contribution in [0.1, 0.15) is 28.7 Å². The van der Waals surface area contributed by atoms with Crippen LogP contribution in [0.2, 0.25) is 5.02 Å². The summed E-state index contributed by atoms with van der Waals surface area (Å²) in [6.07, 6.45) is -0.800. The number of esters is 1. The summed E-state index contributed by atoms with van der Waals surface area (Å²) in [5.41, 5.74) is 2.67. The van der Waals surface area contributed by atoms with E-state index in [1.54, 1.807) is 38.3 Å². The third kappa shape index (κ3) is 3.33. The first kappa shape index (κ1) is 16.9. The highest BCUT2D eigenvalue weighted by Crippen LogP contribution is 2.30. The van der Waals surface area contributed by atoms with Gasteiger partial charge in [-0.25, -0.2) is 4.79 Å². The van der Waals surface area contributed by atoms with E-state index in [0.717, 1.165) is 11.4 Å². The molecule has 23 heavy (non-hydrogen) atoms. The second-order valence-corrected chi connectivity index (χ2v) is 5.55. The van der Waals surface area contributed by atoms with Crippen molar-refractivity contribution in [2.24, 2.45) is 0 Å². The standard InChI is InChI=1S/C17H17ClN2O3/c1-10-7-14(17(21)23-11(2)9-19)12(3)20(10)15-8-13(18)5-6-16(15)22-4/h5-8,11H,1-4H3/t11-/m0/s1. The molecular weight excluding hydrogens is 316 g/mol. The molecule has 0 amide bonds. The van der Waals surface area contributed by atoms with Crippen molar-refractivity contribution < 1.29 is 14.3 Å². The Morgan fingerprint density at radius 3 is 2.65 bits per heavy atom. The van der Waals surface area contributed by atoms with Crippen LogP contribution in [0.5, 0.6) is 5.75 Å². The predicted octanol–water partition coefficient (Wildman–Crippen LogP) is 3.83. The quantitative estimate of drug-likeness (QED) is 0.798. The number of hydrogen-bond donors (Lipinski definition) is 0. The number of carbonyl (C=O) groups is 1. The van der Waals surface area contributed by atoms with Crippen molar-refractivity contribution in [2.75, 3.05) is 7.11 Å². The van der Waals surface area contributed by atoms with Gasteiger partial charge in [0, 0.05) is 16.4 Å². The Hall–Kier alpha value is -2.45. The number of carbonyl (C=O) groups excluding carboxylic acids is 1. The fourth-order valence-corrected chi connectivity index (χ4v) is 2.59. The molecule has 0 fully saturated rings. The van der Waals surface area contributed by atoms with E-state index in [0.29, 0.717) is 22.0 Å². The van der Waals surface area contributed by atoms with E-state index in [1.807, 2.05) is 17.6 Å². The minimum absolute atomic E-state index is 0.409. The molecule has 0 radical (unpaired) electrons. The normalized spacial score (nSPS) is 11.7. The number of halogens is 1. The molecule has 0 bridgehead atoms. The molecule has 0 aliphatic heterocycles. The molecule has 2 rings (SSSR count). The Morgan fingerprint density at radius 1 is 1.35 bits per heavy atom. The molecular formula is C17H17ClN2O3. The largest absolute Gasteiger partial charge is 0.495 e. The smallest absolute Gasteiger partial charge is 0.341 e. The fraction of sp³-hybridized carbons (Fsp3) is 0.294. The van der Waals surface area contributed by atoms with Crippen molar-refractivity contribution in [1.82, 2.24) is 4.57 Å². The van der Waals surface area contributed by atoms with Crippen molar-refractivity contribution in [3.05, 3.63) is 46.2 Å². The van der Waals surface area contributed by atoms with Crippen LogP contribution < -0.4 is 4.74 Å². The minimum Gasteiger partial charge on any atom is -0.495 e. The molecule has 0 aliphatic carbocycles. The van der Waals surface area contributed by atoms with Gasteiger partial charge in [0.15, 0.2) is 6.10 Å². The average molecular weight is 333 g/mol. The summed E-state index contributed by atoms with van der Waals surface area (Å²) in [4.78, 5) is 12.2. The first-order valence-corrected chi connectivity index (χ1v) is 7.40. The van der Waals surface area contributed by atoms with Gasteiger partial charge in [0.1, 0.15) is 11.8 Å². The molecule has 0 saturated heterocycles. The van der Waals surface area contributed by atoms with Gasteiger partial charge in [0.2, 0.25) is 0 Å². The van der Waals surface area contributed by atoms with Crippen LogP contribution >= 0.6 is 11.6 Å². The summed E-state index contributed by atoms with van der Waals surface area (Å²) < 4.78 is 12.3. The van der Waals surface area contributed by atoms with Gasteiger partial charge in [-0.2, -0.15) is 5.26 Å². The number of hydrogen-bond acceptors (Lipinski definition) is 4. The molecule has 2 aromatic rings. The van der Waals surface area contributed by atoms with Gasteiger partial charge in [-0.3, -0.25) is 0 Å². The van der Waals surface area contributed by atoms with Crippen molar-refractivity contribution >= 4 is 17.6 Å². The van der Waals surface area contributed by atoms with Crippen LogP contribution in [0.15, 0.2) is 24.3 Å². The second-order valence-electron chi connectivity index (χ2n) is 5.11. The Bertz CT molecular complexity index is 790. The van der Waals surface area contributed by atoms with E-state index in [4.69, 9.17) is 26.3 Å². The number of aryl methyl sites for hydroxylation is 1. The number of methoxy groups -OCH3 is 1. The van der Waals surface area contributed by atoms with Crippen molar-refractivity contribution in [3.8, 4) is 17.5 Å². The first-order chi connectivity index (χ1) is 10.9. The number of aromatic nitrogens is 1. The summed E-state index contributed by atoms with van der Waals surface area (Å²) in [7, 11) is 1.57. The highest BCUT2D eigenvalue weighted by atomic mass is 35.5. The van der Waals surface area contributed by atoms with E-state index in [2.05, 4.69) is 0 Å². The summed E-state index contributed by atoms with van der Waals surface area (Å²) >= 11 is 6.09. The van der Waals surface area contributed by atoms with E-state index in [9.17, 15) is 4.79 Å². The van der Waals surface area contributed by atoms with Crippen molar-refractivity contribution in [3.63, 3.8) is 0 Å². The Labute approximate surface area is 140 Å². The molecule has 6 heteroatoms. The zero-order chi connectivity index (χ0) is 17.1. The molecule has 0 N–H and O–H groups in total. The Kier molecular flexibility index (Phi) is 4.97. The van der Waals surface area contributed by atoms with Crippen LogP contribution in [0.4, 0.5) is 0 Å². The topological polar surface area (TPSA) is 64.2 Å². The van der Waals surface area contributed by atoms with Gasteiger partial charge in [-0.1, -0.05) is 11.6 Å². The van der Waals surface area contributed by atoms with Crippen LogP contribution in [0.25, 0.3) is 5.69 Å². The van der Waals surface area contributed by atoms with E-state index >= 15 is 0 Å². The third-order valence-electron chi connectivity index (χ3n) is 3.50. The van der Waals surface area contributed by atoms with E-state index in [1.165, 1.54) is 6.92 Å². The van der Waals surface area contributed by atoms with Crippen molar-refractivity contribution in [1.29, 1.82) is 5.26 Å². The molecule has 0 spiro atoms. The van der Waals surface area contributed by atoms with E-state index in [-0.39, 0.29) is 0 Å². The van der Waals surface area contributed by atoms with Gasteiger partial charge in [0.25, 0.3) is 0 Å². The zero-order valence-corrected chi connectivity index (χ0v) is 14.1. The fourth-order valence-electron chi connectivity index (χ4n) is 2.43. The SMILES string of the molecule is COc1ccc(Cl)cc1-n1c(C)cc(C(=O)O[C@@H](C)C#N)c1C. The van der Waals surface area contributed by atoms with Gasteiger partial charge in [-0.05, 0) is 45.0 Å². The molecule has 5 nitrogen and oxygen atoms in total. The number of ether oxygens (including phenoxy) is 2. The average Bonchev–Trinajstić information content (AvgIpc) is 2.81. The molecule has 0 saturated carbocycles. The predicted molar refractivity (Wildman–Crippen MR) is 87.3 cm³/mol. The van der Waals surface area contributed by atoms with Crippen LogP contribution in [0.3, 0.4) is 0 Å². The molecule has 1 aromatic heterocycles. The minimum atomic E-state index is -0.800. The Balaban J connectivity index is 2.53. The Morgan fingerprint density at radius 2 is 2.04 bits per heavy atom. The number of rotatable bonds is 4. The van der Waals surface area contributed by atoms with E-state index < -0.39 is 12.1 Å². The molecule has 0 unspecified atom stereocenters. The monoisotopic (exact) mass is 332 g/mol. The number of nitriles is 1. The maximum Gasteiger partial charge on any atom is 0.341 e. The van der Waals surface area contributed by atoms with Crippen LogP contribution in [-0.2, 0) is 4.74 Å².